The van der Waals surface area contributed by atoms with Crippen molar-refractivity contribution in [2.45, 2.75) is 26.3 Å². The number of aromatic nitrogens is 3. The first-order valence-corrected chi connectivity index (χ1v) is 11.9. The molecule has 0 N–H and O–H groups in total. The zero-order valence-corrected chi connectivity index (χ0v) is 19.7. The van der Waals surface area contributed by atoms with E-state index in [0.29, 0.717) is 23.6 Å². The highest BCUT2D eigenvalue weighted by molar-refractivity contribution is 6.11. The van der Waals surface area contributed by atoms with Gasteiger partial charge in [-0.3, -0.25) is 14.9 Å². The molecule has 1 spiro atoms. The van der Waals surface area contributed by atoms with Crippen LogP contribution in [0.25, 0.3) is 0 Å². The summed E-state index contributed by atoms with van der Waals surface area (Å²) in [6.45, 7) is 7.07. The lowest BCUT2D eigenvalue weighted by atomic mass is 9.86. The van der Waals surface area contributed by atoms with E-state index in [1.807, 2.05) is 31.5 Å². The number of rotatable bonds is 7. The smallest absolute Gasteiger partial charge is 0.159 e. The minimum atomic E-state index is -0.934. The second kappa shape index (κ2) is 10.0. The van der Waals surface area contributed by atoms with Crippen LogP contribution in [-0.4, -0.2) is 58.3 Å². The number of likely N-dealkylation sites (tertiary alicyclic amines) is 1. The van der Waals surface area contributed by atoms with E-state index < -0.39 is 11.6 Å². The van der Waals surface area contributed by atoms with Gasteiger partial charge in [0.2, 0.25) is 0 Å². The topological polar surface area (TPSA) is 66.7 Å². The van der Waals surface area contributed by atoms with Crippen LogP contribution in [0.4, 0.5) is 14.6 Å². The van der Waals surface area contributed by atoms with Crippen LogP contribution in [0.3, 0.4) is 0 Å². The van der Waals surface area contributed by atoms with E-state index in [-0.39, 0.29) is 5.41 Å². The number of hydrogen-bond acceptors (Lipinski definition) is 7. The third-order valence-corrected chi connectivity index (χ3v) is 6.78. The maximum absolute atomic E-state index is 13.8. The predicted molar refractivity (Wildman–Crippen MR) is 129 cm³/mol. The summed E-state index contributed by atoms with van der Waals surface area (Å²) in [6.07, 6.45) is 9.43. The first-order valence-electron chi connectivity index (χ1n) is 11.9. The van der Waals surface area contributed by atoms with Gasteiger partial charge in [0.1, 0.15) is 18.1 Å². The molecule has 2 aromatic heterocycles. The Bertz CT molecular complexity index is 1190. The Kier molecular flexibility index (Phi) is 6.68. The van der Waals surface area contributed by atoms with E-state index in [1.54, 1.807) is 12.4 Å². The van der Waals surface area contributed by atoms with E-state index in [0.717, 1.165) is 69.1 Å². The minimum Gasteiger partial charge on any atom is -0.396 e. The van der Waals surface area contributed by atoms with Gasteiger partial charge in [-0.15, -0.1) is 0 Å². The van der Waals surface area contributed by atoms with Crippen molar-refractivity contribution in [3.8, 4) is 0 Å². The lowest BCUT2D eigenvalue weighted by molar-refractivity contribution is 0.159. The summed E-state index contributed by atoms with van der Waals surface area (Å²) in [7, 11) is 0. The molecule has 2 aliphatic heterocycles. The van der Waals surface area contributed by atoms with Crippen molar-refractivity contribution in [3.63, 3.8) is 0 Å². The van der Waals surface area contributed by atoms with Crippen LogP contribution < -0.4 is 4.90 Å². The molecular formula is C26H28F2N6O. The van der Waals surface area contributed by atoms with Crippen LogP contribution in [0.5, 0.6) is 0 Å². The molecule has 5 rings (SSSR count). The maximum Gasteiger partial charge on any atom is 0.159 e. The maximum atomic E-state index is 13.8. The molecule has 4 heterocycles. The molecular weight excluding hydrogens is 450 g/mol. The molecule has 0 radical (unpaired) electrons. The van der Waals surface area contributed by atoms with Gasteiger partial charge in [-0.25, -0.2) is 13.8 Å². The summed E-state index contributed by atoms with van der Waals surface area (Å²) in [5.41, 5.74) is 2.70. The largest absolute Gasteiger partial charge is 0.396 e. The second-order valence-corrected chi connectivity index (χ2v) is 9.23. The Hall–Kier alpha value is -3.46. The number of oxime groups is 1. The lowest BCUT2D eigenvalue weighted by Gasteiger charge is -2.25. The van der Waals surface area contributed by atoms with Crippen molar-refractivity contribution in [2.24, 2.45) is 10.6 Å². The molecule has 0 amide bonds. The number of nitrogens with zero attached hydrogens (tertiary/aromatic N) is 6. The van der Waals surface area contributed by atoms with Gasteiger partial charge in [0.15, 0.2) is 11.6 Å². The molecule has 7 nitrogen and oxygen atoms in total. The van der Waals surface area contributed by atoms with Crippen molar-refractivity contribution in [3.05, 3.63) is 83.6 Å². The fourth-order valence-corrected chi connectivity index (χ4v) is 5.02. The van der Waals surface area contributed by atoms with Gasteiger partial charge < -0.3 is 9.74 Å². The van der Waals surface area contributed by atoms with Crippen molar-refractivity contribution < 1.29 is 13.6 Å². The minimum absolute atomic E-state index is 0.287. The number of halogens is 2. The van der Waals surface area contributed by atoms with Crippen LogP contribution in [0.15, 0.2) is 60.3 Å². The standard InChI is InChI=1S/C26H28F2N6O/c1-2-35-32-25(20-4-5-21(27)22(28)13-20)23-6-3-19(14-31-23)16-33-11-7-26(17-33)8-12-34(18-26)24-15-29-9-10-30-24/h3-6,9-10,13-15H,2,7-8,11-12,16-18H2,1H3. The van der Waals surface area contributed by atoms with Crippen LogP contribution in [0, 0.1) is 17.0 Å². The number of anilines is 1. The highest BCUT2D eigenvalue weighted by Gasteiger charge is 2.43. The van der Waals surface area contributed by atoms with Crippen LogP contribution in [-0.2, 0) is 11.4 Å². The van der Waals surface area contributed by atoms with Gasteiger partial charge in [-0.2, -0.15) is 0 Å². The lowest BCUT2D eigenvalue weighted by Crippen LogP contribution is -2.31. The normalized spacial score (nSPS) is 20.7. The molecule has 0 aliphatic carbocycles. The zero-order valence-electron chi connectivity index (χ0n) is 19.7. The summed E-state index contributed by atoms with van der Waals surface area (Å²) in [5, 5.41) is 4.11. The summed E-state index contributed by atoms with van der Waals surface area (Å²) in [4.78, 5) is 23.3. The van der Waals surface area contributed by atoms with Crippen molar-refractivity contribution in [1.29, 1.82) is 0 Å². The Morgan fingerprint density at radius 1 is 1.03 bits per heavy atom. The highest BCUT2D eigenvalue weighted by Crippen LogP contribution is 2.41. The quantitative estimate of drug-likeness (QED) is 0.377. The van der Waals surface area contributed by atoms with Gasteiger partial charge >= 0.3 is 0 Å². The Morgan fingerprint density at radius 2 is 1.91 bits per heavy atom. The molecule has 1 unspecified atom stereocenters. The Balaban J connectivity index is 1.25. The SMILES string of the molecule is CCON=C(c1ccc(F)c(F)c1)c1ccc(CN2CCC3(CCN(c4cnccn4)C3)C2)cn1. The molecule has 0 saturated carbocycles. The van der Waals surface area contributed by atoms with Crippen molar-refractivity contribution >= 4 is 11.5 Å². The average Bonchev–Trinajstić information content (AvgIpc) is 3.49. The molecule has 182 valence electrons. The summed E-state index contributed by atoms with van der Waals surface area (Å²) in [5.74, 6) is -0.887. The molecule has 0 bridgehead atoms. The summed E-state index contributed by atoms with van der Waals surface area (Å²) in [6, 6.07) is 7.53. The predicted octanol–water partition coefficient (Wildman–Crippen LogP) is 4.04. The molecule has 35 heavy (non-hydrogen) atoms. The fraction of sp³-hybridized carbons (Fsp3) is 0.385. The Labute approximate surface area is 203 Å². The van der Waals surface area contributed by atoms with Crippen LogP contribution >= 0.6 is 0 Å². The zero-order chi connectivity index (χ0) is 24.3. The van der Waals surface area contributed by atoms with Crippen molar-refractivity contribution in [1.82, 2.24) is 19.9 Å². The van der Waals surface area contributed by atoms with Gasteiger partial charge in [0, 0.05) is 55.7 Å². The average molecular weight is 479 g/mol. The summed E-state index contributed by atoms with van der Waals surface area (Å²) < 4.78 is 27.2. The molecule has 2 aliphatic rings. The van der Waals surface area contributed by atoms with Gasteiger partial charge in [-0.1, -0.05) is 11.2 Å². The highest BCUT2D eigenvalue weighted by atomic mass is 19.2. The molecule has 1 aromatic carbocycles. The van der Waals surface area contributed by atoms with E-state index in [4.69, 9.17) is 4.84 Å². The monoisotopic (exact) mass is 478 g/mol. The number of pyridine rings is 1. The number of benzene rings is 1. The third kappa shape index (κ3) is 5.14. The first-order chi connectivity index (χ1) is 17.0. The van der Waals surface area contributed by atoms with E-state index >= 15 is 0 Å². The third-order valence-electron chi connectivity index (χ3n) is 6.78. The van der Waals surface area contributed by atoms with Gasteiger partial charge in [0.25, 0.3) is 0 Å². The van der Waals surface area contributed by atoms with Crippen LogP contribution in [0.1, 0.15) is 36.6 Å². The van der Waals surface area contributed by atoms with Gasteiger partial charge in [0.05, 0.1) is 11.9 Å². The molecule has 1 atom stereocenters. The molecule has 9 heteroatoms. The molecule has 2 saturated heterocycles. The van der Waals surface area contributed by atoms with Crippen LogP contribution in [0.2, 0.25) is 0 Å². The fourth-order valence-electron chi connectivity index (χ4n) is 5.02. The Morgan fingerprint density at radius 3 is 2.66 bits per heavy atom. The molecule has 3 aromatic rings. The van der Waals surface area contributed by atoms with Crippen molar-refractivity contribution in [2.75, 3.05) is 37.7 Å². The van der Waals surface area contributed by atoms with E-state index in [1.165, 1.54) is 6.07 Å². The first kappa shape index (κ1) is 23.3. The van der Waals surface area contributed by atoms with Gasteiger partial charge in [-0.05, 0) is 56.1 Å². The van der Waals surface area contributed by atoms with E-state index in [9.17, 15) is 8.78 Å². The summed E-state index contributed by atoms with van der Waals surface area (Å²) >= 11 is 0. The van der Waals surface area contributed by atoms with E-state index in [2.05, 4.69) is 29.9 Å². The molecule has 2 fully saturated rings. The number of hydrogen-bond donors (Lipinski definition) is 0. The second-order valence-electron chi connectivity index (χ2n) is 9.23.